The van der Waals surface area contributed by atoms with Crippen molar-refractivity contribution in [2.75, 3.05) is 23.5 Å². The molecule has 1 heterocycles. The summed E-state index contributed by atoms with van der Waals surface area (Å²) >= 11 is 1.52. The van der Waals surface area contributed by atoms with Crippen LogP contribution in [0.2, 0.25) is 0 Å². The maximum Gasteiger partial charge on any atom is 0.236 e. The van der Waals surface area contributed by atoms with E-state index in [1.54, 1.807) is 4.90 Å². The molecular formula is C13H16N2O2S. The van der Waals surface area contributed by atoms with Crippen LogP contribution in [-0.2, 0) is 4.79 Å². The summed E-state index contributed by atoms with van der Waals surface area (Å²) in [7, 11) is 0. The normalized spacial score (nSPS) is 17.4. The average Bonchev–Trinajstić information content (AvgIpc) is 2.58. The summed E-state index contributed by atoms with van der Waals surface area (Å²) in [5.41, 5.74) is 2.36. The van der Waals surface area contributed by atoms with Crippen molar-refractivity contribution in [1.29, 1.82) is 0 Å². The molecule has 0 bridgehead atoms. The van der Waals surface area contributed by atoms with Crippen LogP contribution >= 0.6 is 11.8 Å². The van der Waals surface area contributed by atoms with E-state index in [4.69, 9.17) is 5.21 Å². The first-order valence-electron chi connectivity index (χ1n) is 5.87. The Labute approximate surface area is 111 Å². The Morgan fingerprint density at radius 3 is 3.00 bits per heavy atom. The highest BCUT2D eigenvalue weighted by Gasteiger charge is 2.23. The summed E-state index contributed by atoms with van der Waals surface area (Å²) in [6, 6.07) is 7.60. The first-order valence-corrected chi connectivity index (χ1v) is 7.27. The Bertz CT molecular complexity index is 474. The van der Waals surface area contributed by atoms with E-state index in [9.17, 15) is 4.79 Å². The van der Waals surface area contributed by atoms with E-state index in [0.29, 0.717) is 24.4 Å². The molecule has 96 valence electrons. The maximum atomic E-state index is 12.1. The minimum atomic E-state index is 0.106. The van der Waals surface area contributed by atoms with Gasteiger partial charge < -0.3 is 10.1 Å². The number of hydrogen-bond donors (Lipinski definition) is 1. The number of para-hydroxylation sites is 1. The van der Waals surface area contributed by atoms with E-state index in [-0.39, 0.29) is 5.91 Å². The molecule has 1 aromatic rings. The molecule has 1 N–H and O–H groups in total. The summed E-state index contributed by atoms with van der Waals surface area (Å²) in [4.78, 5) is 13.9. The third-order valence-electron chi connectivity index (χ3n) is 2.99. The van der Waals surface area contributed by atoms with Gasteiger partial charge in [0.2, 0.25) is 5.91 Å². The van der Waals surface area contributed by atoms with Gasteiger partial charge in [0.05, 0.1) is 17.2 Å². The lowest BCUT2D eigenvalue weighted by atomic mass is 10.1. The minimum absolute atomic E-state index is 0.106. The van der Waals surface area contributed by atoms with Crippen molar-refractivity contribution in [3.63, 3.8) is 0 Å². The smallest absolute Gasteiger partial charge is 0.236 e. The number of carbonyl (C=O) groups excluding carboxylic acids is 1. The van der Waals surface area contributed by atoms with Crippen LogP contribution in [0.5, 0.6) is 0 Å². The van der Waals surface area contributed by atoms with E-state index in [1.165, 1.54) is 11.8 Å². The number of nitrogens with zero attached hydrogens (tertiary/aromatic N) is 2. The summed E-state index contributed by atoms with van der Waals surface area (Å²) in [5, 5.41) is 12.4. The molecule has 2 rings (SSSR count). The Morgan fingerprint density at radius 1 is 1.50 bits per heavy atom. The first-order chi connectivity index (χ1) is 8.77. The van der Waals surface area contributed by atoms with E-state index >= 15 is 0 Å². The third-order valence-corrected chi connectivity index (χ3v) is 3.53. The molecule has 0 saturated carbocycles. The second kappa shape index (κ2) is 5.91. The van der Waals surface area contributed by atoms with E-state index in [0.717, 1.165) is 17.7 Å². The molecule has 1 aromatic carbocycles. The molecule has 5 heteroatoms. The molecule has 0 aliphatic carbocycles. The quantitative estimate of drug-likeness (QED) is 0.659. The highest BCUT2D eigenvalue weighted by Crippen LogP contribution is 2.27. The fourth-order valence-electron chi connectivity index (χ4n) is 2.18. The van der Waals surface area contributed by atoms with Crippen LogP contribution in [0, 0.1) is 0 Å². The van der Waals surface area contributed by atoms with Crippen LogP contribution in [-0.4, -0.2) is 35.4 Å². The van der Waals surface area contributed by atoms with Crippen molar-refractivity contribution in [2.45, 2.75) is 12.8 Å². The first kappa shape index (κ1) is 13.0. The molecule has 0 unspecified atom stereocenters. The van der Waals surface area contributed by atoms with E-state index < -0.39 is 0 Å². The van der Waals surface area contributed by atoms with Gasteiger partial charge in [-0.25, -0.2) is 0 Å². The van der Waals surface area contributed by atoms with Crippen molar-refractivity contribution in [2.24, 2.45) is 5.16 Å². The van der Waals surface area contributed by atoms with E-state index in [1.807, 2.05) is 30.5 Å². The fraction of sp³-hybridized carbons (Fsp3) is 0.385. The van der Waals surface area contributed by atoms with Gasteiger partial charge >= 0.3 is 0 Å². The molecule has 0 atom stereocenters. The van der Waals surface area contributed by atoms with Crippen LogP contribution in [0.3, 0.4) is 0 Å². The van der Waals surface area contributed by atoms with Crippen LogP contribution in [0.25, 0.3) is 0 Å². The number of oxime groups is 1. The number of hydrogen-bond acceptors (Lipinski definition) is 4. The van der Waals surface area contributed by atoms with Gasteiger partial charge in [0, 0.05) is 12.1 Å². The van der Waals surface area contributed by atoms with Gasteiger partial charge in [-0.05, 0) is 25.2 Å². The number of amides is 1. The highest BCUT2D eigenvalue weighted by atomic mass is 32.2. The van der Waals surface area contributed by atoms with Crippen LogP contribution in [0.15, 0.2) is 29.4 Å². The molecule has 1 aliphatic heterocycles. The zero-order valence-electron chi connectivity index (χ0n) is 10.3. The van der Waals surface area contributed by atoms with Crippen molar-refractivity contribution < 1.29 is 10.0 Å². The third kappa shape index (κ3) is 2.51. The van der Waals surface area contributed by atoms with Gasteiger partial charge in [-0.3, -0.25) is 4.79 Å². The van der Waals surface area contributed by atoms with Crippen molar-refractivity contribution in [3.8, 4) is 0 Å². The molecule has 1 aliphatic rings. The molecule has 0 aromatic heterocycles. The fourth-order valence-corrected chi connectivity index (χ4v) is 2.58. The summed E-state index contributed by atoms with van der Waals surface area (Å²) in [6.45, 7) is 0.676. The van der Waals surface area contributed by atoms with E-state index in [2.05, 4.69) is 5.16 Å². The van der Waals surface area contributed by atoms with Crippen molar-refractivity contribution in [3.05, 3.63) is 29.8 Å². The second-order valence-corrected chi connectivity index (χ2v) is 5.01. The lowest BCUT2D eigenvalue weighted by Gasteiger charge is -2.22. The predicted molar refractivity (Wildman–Crippen MR) is 74.7 cm³/mol. The summed E-state index contributed by atoms with van der Waals surface area (Å²) in [5.74, 6) is 0.578. The standard InChI is InChI=1S/C13H16N2O2S/c1-18-9-13(16)15-8-4-6-11(14-17)10-5-2-3-7-12(10)15/h2-3,5,7,17H,4,6,8-9H2,1H3/b14-11-. The van der Waals surface area contributed by atoms with Gasteiger partial charge in [0.25, 0.3) is 0 Å². The van der Waals surface area contributed by atoms with Crippen LogP contribution < -0.4 is 4.90 Å². The van der Waals surface area contributed by atoms with Crippen molar-refractivity contribution in [1.82, 2.24) is 0 Å². The Kier molecular flexibility index (Phi) is 4.25. The maximum absolute atomic E-state index is 12.1. The lowest BCUT2D eigenvalue weighted by Crippen LogP contribution is -2.33. The van der Waals surface area contributed by atoms with Gasteiger partial charge in [0.1, 0.15) is 0 Å². The lowest BCUT2D eigenvalue weighted by molar-refractivity contribution is -0.116. The SMILES string of the molecule is CSCC(=O)N1CCC/C(=N/O)c2ccccc21. The summed E-state index contributed by atoms with van der Waals surface area (Å²) in [6.07, 6.45) is 3.42. The number of carbonyl (C=O) groups is 1. The van der Waals surface area contributed by atoms with Crippen LogP contribution in [0.4, 0.5) is 5.69 Å². The molecule has 4 nitrogen and oxygen atoms in total. The Hall–Kier alpha value is -1.49. The van der Waals surface area contributed by atoms with Gasteiger partial charge in [-0.1, -0.05) is 23.4 Å². The second-order valence-electron chi connectivity index (χ2n) is 4.15. The molecular weight excluding hydrogens is 248 g/mol. The predicted octanol–water partition coefficient (Wildman–Crippen LogP) is 2.35. The zero-order chi connectivity index (χ0) is 13.0. The Balaban J connectivity index is 2.42. The van der Waals surface area contributed by atoms with Gasteiger partial charge in [-0.2, -0.15) is 11.8 Å². The summed E-state index contributed by atoms with van der Waals surface area (Å²) < 4.78 is 0. The molecule has 18 heavy (non-hydrogen) atoms. The highest BCUT2D eigenvalue weighted by molar-refractivity contribution is 7.99. The minimum Gasteiger partial charge on any atom is -0.411 e. The number of rotatable bonds is 2. The zero-order valence-corrected chi connectivity index (χ0v) is 11.1. The molecule has 0 saturated heterocycles. The number of anilines is 1. The molecule has 1 amide bonds. The average molecular weight is 264 g/mol. The largest absolute Gasteiger partial charge is 0.411 e. The van der Waals surface area contributed by atoms with Crippen LogP contribution in [0.1, 0.15) is 18.4 Å². The molecule has 0 fully saturated rings. The molecule has 0 spiro atoms. The number of thioether (sulfide) groups is 1. The van der Waals surface area contributed by atoms with Gasteiger partial charge in [0.15, 0.2) is 0 Å². The van der Waals surface area contributed by atoms with Gasteiger partial charge in [-0.15, -0.1) is 0 Å². The number of fused-ring (bicyclic) bond motifs is 1. The molecule has 0 radical (unpaired) electrons. The van der Waals surface area contributed by atoms with Crippen molar-refractivity contribution >= 4 is 29.1 Å². The number of benzene rings is 1. The topological polar surface area (TPSA) is 52.9 Å². The Morgan fingerprint density at radius 2 is 2.28 bits per heavy atom. The monoisotopic (exact) mass is 264 g/mol.